The first-order valence-corrected chi connectivity index (χ1v) is 10.1. The molecule has 0 heterocycles. The molecule has 4 aromatic rings. The highest BCUT2D eigenvalue weighted by molar-refractivity contribution is 5.83. The SMILES string of the molecule is COc1ccc(C(c2ccc(OC)c(OC)c2)c2ccc3ccccc3c2)cc1OC. The fourth-order valence-corrected chi connectivity index (χ4v) is 4.03. The van der Waals surface area contributed by atoms with E-state index in [-0.39, 0.29) is 5.92 Å². The maximum atomic E-state index is 5.58. The van der Waals surface area contributed by atoms with Gasteiger partial charge in [0.15, 0.2) is 23.0 Å². The van der Waals surface area contributed by atoms with Crippen molar-refractivity contribution in [3.05, 3.63) is 95.6 Å². The van der Waals surface area contributed by atoms with Crippen molar-refractivity contribution in [2.45, 2.75) is 5.92 Å². The maximum Gasteiger partial charge on any atom is 0.161 e. The molecule has 4 heteroatoms. The molecule has 0 aliphatic carbocycles. The highest BCUT2D eigenvalue weighted by atomic mass is 16.5. The minimum Gasteiger partial charge on any atom is -0.493 e. The number of methoxy groups -OCH3 is 4. The van der Waals surface area contributed by atoms with E-state index >= 15 is 0 Å². The van der Waals surface area contributed by atoms with E-state index in [1.807, 2.05) is 24.3 Å². The summed E-state index contributed by atoms with van der Waals surface area (Å²) in [5, 5.41) is 2.41. The van der Waals surface area contributed by atoms with Crippen molar-refractivity contribution in [3.63, 3.8) is 0 Å². The lowest BCUT2D eigenvalue weighted by Crippen LogP contribution is -2.05. The molecule has 0 atom stereocenters. The molecule has 0 aliphatic heterocycles. The molecule has 0 aliphatic rings. The average Bonchev–Trinajstić information content (AvgIpc) is 2.83. The monoisotopic (exact) mass is 414 g/mol. The summed E-state index contributed by atoms with van der Waals surface area (Å²) in [6, 6.07) is 27.1. The average molecular weight is 415 g/mol. The van der Waals surface area contributed by atoms with Gasteiger partial charge in [0.2, 0.25) is 0 Å². The van der Waals surface area contributed by atoms with Crippen LogP contribution in [0.5, 0.6) is 23.0 Å². The zero-order valence-electron chi connectivity index (χ0n) is 18.2. The Kier molecular flexibility index (Phi) is 5.99. The van der Waals surface area contributed by atoms with Crippen LogP contribution in [-0.2, 0) is 0 Å². The van der Waals surface area contributed by atoms with Crippen molar-refractivity contribution in [2.75, 3.05) is 28.4 Å². The fraction of sp³-hybridized carbons (Fsp3) is 0.185. The summed E-state index contributed by atoms with van der Waals surface area (Å²) >= 11 is 0. The third-order valence-corrected chi connectivity index (χ3v) is 5.59. The van der Waals surface area contributed by atoms with Crippen molar-refractivity contribution in [3.8, 4) is 23.0 Å². The van der Waals surface area contributed by atoms with Gasteiger partial charge in [0.1, 0.15) is 0 Å². The van der Waals surface area contributed by atoms with Crippen LogP contribution in [0.25, 0.3) is 10.8 Å². The van der Waals surface area contributed by atoms with Gasteiger partial charge < -0.3 is 18.9 Å². The van der Waals surface area contributed by atoms with Crippen LogP contribution < -0.4 is 18.9 Å². The van der Waals surface area contributed by atoms with E-state index in [9.17, 15) is 0 Å². The highest BCUT2D eigenvalue weighted by Crippen LogP contribution is 2.40. The van der Waals surface area contributed by atoms with Gasteiger partial charge in [0.25, 0.3) is 0 Å². The predicted molar refractivity (Wildman–Crippen MR) is 124 cm³/mol. The molecule has 0 aromatic heterocycles. The van der Waals surface area contributed by atoms with Gasteiger partial charge in [-0.05, 0) is 51.7 Å². The van der Waals surface area contributed by atoms with E-state index in [1.165, 1.54) is 16.3 Å². The van der Waals surface area contributed by atoms with E-state index in [0.29, 0.717) is 23.0 Å². The van der Waals surface area contributed by atoms with Crippen LogP contribution in [0, 0.1) is 0 Å². The second kappa shape index (κ2) is 9.00. The minimum atomic E-state index is -0.0239. The standard InChI is InChI=1S/C27H26O4/c1-28-23-13-11-21(16-25(23)30-3)27(22-12-14-24(29-2)26(17-22)31-4)20-10-9-18-7-5-6-8-19(18)15-20/h5-17,27H,1-4H3. The molecular weight excluding hydrogens is 388 g/mol. The largest absolute Gasteiger partial charge is 0.493 e. The molecular formula is C27H26O4. The summed E-state index contributed by atoms with van der Waals surface area (Å²) in [7, 11) is 6.60. The number of ether oxygens (including phenoxy) is 4. The van der Waals surface area contributed by atoms with E-state index in [2.05, 4.69) is 54.6 Å². The second-order valence-electron chi connectivity index (χ2n) is 7.27. The first-order chi connectivity index (χ1) is 15.2. The van der Waals surface area contributed by atoms with Crippen LogP contribution in [0.1, 0.15) is 22.6 Å². The van der Waals surface area contributed by atoms with Crippen molar-refractivity contribution in [1.29, 1.82) is 0 Å². The van der Waals surface area contributed by atoms with E-state index in [1.54, 1.807) is 28.4 Å². The molecule has 0 N–H and O–H groups in total. The number of hydrogen-bond donors (Lipinski definition) is 0. The Morgan fingerprint density at radius 1 is 0.452 bits per heavy atom. The van der Waals surface area contributed by atoms with Crippen molar-refractivity contribution in [1.82, 2.24) is 0 Å². The molecule has 31 heavy (non-hydrogen) atoms. The van der Waals surface area contributed by atoms with Crippen LogP contribution in [0.15, 0.2) is 78.9 Å². The first-order valence-electron chi connectivity index (χ1n) is 10.1. The normalized spacial score (nSPS) is 10.9. The van der Waals surface area contributed by atoms with Gasteiger partial charge in [0.05, 0.1) is 28.4 Å². The zero-order chi connectivity index (χ0) is 21.8. The summed E-state index contributed by atoms with van der Waals surface area (Å²) in [6.45, 7) is 0. The minimum absolute atomic E-state index is 0.0239. The number of hydrogen-bond acceptors (Lipinski definition) is 4. The topological polar surface area (TPSA) is 36.9 Å². The molecule has 4 nitrogen and oxygen atoms in total. The van der Waals surface area contributed by atoms with Gasteiger partial charge in [-0.15, -0.1) is 0 Å². The summed E-state index contributed by atoms with van der Waals surface area (Å²) in [4.78, 5) is 0. The number of benzene rings is 4. The van der Waals surface area contributed by atoms with Crippen LogP contribution in [-0.4, -0.2) is 28.4 Å². The quantitative estimate of drug-likeness (QED) is 0.345. The van der Waals surface area contributed by atoms with E-state index in [4.69, 9.17) is 18.9 Å². The van der Waals surface area contributed by atoms with Crippen molar-refractivity contribution >= 4 is 10.8 Å². The third-order valence-electron chi connectivity index (χ3n) is 5.59. The van der Waals surface area contributed by atoms with Crippen molar-refractivity contribution in [2.24, 2.45) is 0 Å². The molecule has 0 radical (unpaired) electrons. The van der Waals surface area contributed by atoms with Gasteiger partial charge in [0, 0.05) is 5.92 Å². The summed E-state index contributed by atoms with van der Waals surface area (Å²) in [6.07, 6.45) is 0. The molecule has 158 valence electrons. The van der Waals surface area contributed by atoms with Gasteiger partial charge in [-0.25, -0.2) is 0 Å². The third kappa shape index (κ3) is 4.02. The number of rotatable bonds is 7. The molecule has 0 fully saturated rings. The molecule has 0 bridgehead atoms. The smallest absolute Gasteiger partial charge is 0.161 e. The molecule has 4 rings (SSSR count). The van der Waals surface area contributed by atoms with Crippen molar-refractivity contribution < 1.29 is 18.9 Å². The summed E-state index contributed by atoms with van der Waals surface area (Å²) in [5.74, 6) is 2.79. The Hall–Kier alpha value is -3.66. The fourth-order valence-electron chi connectivity index (χ4n) is 4.03. The van der Waals surface area contributed by atoms with Gasteiger partial charge in [-0.2, -0.15) is 0 Å². The molecule has 0 spiro atoms. The van der Waals surface area contributed by atoms with Gasteiger partial charge in [-0.1, -0.05) is 54.6 Å². The van der Waals surface area contributed by atoms with E-state index < -0.39 is 0 Å². The summed E-state index contributed by atoms with van der Waals surface area (Å²) < 4.78 is 22.1. The summed E-state index contributed by atoms with van der Waals surface area (Å²) in [5.41, 5.74) is 3.37. The predicted octanol–water partition coefficient (Wildman–Crippen LogP) is 6.05. The van der Waals surface area contributed by atoms with Crippen LogP contribution >= 0.6 is 0 Å². The Bertz CT molecular complexity index is 1140. The molecule has 0 unspecified atom stereocenters. The zero-order valence-corrected chi connectivity index (χ0v) is 18.2. The lowest BCUT2D eigenvalue weighted by molar-refractivity contribution is 0.354. The van der Waals surface area contributed by atoms with Crippen LogP contribution in [0.2, 0.25) is 0 Å². The first kappa shape index (κ1) is 20.6. The van der Waals surface area contributed by atoms with Crippen LogP contribution in [0.3, 0.4) is 0 Å². The Balaban J connectivity index is 1.92. The highest BCUT2D eigenvalue weighted by Gasteiger charge is 2.21. The Morgan fingerprint density at radius 3 is 1.42 bits per heavy atom. The molecule has 0 saturated carbocycles. The number of fused-ring (bicyclic) bond motifs is 1. The lowest BCUT2D eigenvalue weighted by atomic mass is 9.84. The lowest BCUT2D eigenvalue weighted by Gasteiger charge is -2.22. The van der Waals surface area contributed by atoms with Gasteiger partial charge in [-0.3, -0.25) is 0 Å². The Morgan fingerprint density at radius 2 is 0.903 bits per heavy atom. The van der Waals surface area contributed by atoms with Crippen LogP contribution in [0.4, 0.5) is 0 Å². The second-order valence-corrected chi connectivity index (χ2v) is 7.27. The molecule has 4 aromatic carbocycles. The Labute approximate surface area is 183 Å². The van der Waals surface area contributed by atoms with E-state index in [0.717, 1.165) is 11.1 Å². The maximum absolute atomic E-state index is 5.58. The molecule has 0 amide bonds. The van der Waals surface area contributed by atoms with Gasteiger partial charge >= 0.3 is 0 Å². The molecule has 0 saturated heterocycles.